The van der Waals surface area contributed by atoms with E-state index in [1.807, 2.05) is 0 Å². The molecule has 0 nitrogen and oxygen atoms in total. The molecule has 0 atom stereocenters. The molecule has 0 unspecified atom stereocenters. The Morgan fingerprint density at radius 2 is 1.55 bits per heavy atom. The van der Waals surface area contributed by atoms with Crippen LogP contribution < -0.4 is 0 Å². The third kappa shape index (κ3) is 4.73. The third-order valence-corrected chi connectivity index (χ3v) is 6.59. The van der Waals surface area contributed by atoms with Crippen LogP contribution in [0, 0.1) is 5.92 Å². The maximum absolute atomic E-state index is 2.50. The summed E-state index contributed by atoms with van der Waals surface area (Å²) < 4.78 is 0. The van der Waals surface area contributed by atoms with Crippen molar-refractivity contribution in [2.24, 2.45) is 5.92 Å². The molecule has 11 heavy (non-hydrogen) atoms. The molecule has 0 saturated heterocycles. The molecule has 0 radical (unpaired) electrons. The van der Waals surface area contributed by atoms with Crippen LogP contribution in [0.5, 0.6) is 0 Å². The molecule has 0 aliphatic heterocycles. The molecule has 70 valence electrons. The topological polar surface area (TPSA) is 0 Å². The van der Waals surface area contributed by atoms with Gasteiger partial charge in [0.05, 0.1) is 0 Å². The summed E-state index contributed by atoms with van der Waals surface area (Å²) in [6.45, 7) is 9.34. The van der Waals surface area contributed by atoms with Gasteiger partial charge in [0.15, 0.2) is 0 Å². The van der Waals surface area contributed by atoms with Crippen molar-refractivity contribution in [3.63, 3.8) is 0 Å². The van der Waals surface area contributed by atoms with Gasteiger partial charge >= 0.3 is 0 Å². The van der Waals surface area contributed by atoms with Crippen molar-refractivity contribution >= 4 is 10.0 Å². The highest BCUT2D eigenvalue weighted by Gasteiger charge is 2.12. The van der Waals surface area contributed by atoms with Gasteiger partial charge in [-0.05, 0) is 35.9 Å². The monoisotopic (exact) mass is 176 g/mol. The van der Waals surface area contributed by atoms with Crippen LogP contribution in [-0.4, -0.2) is 23.5 Å². The van der Waals surface area contributed by atoms with Crippen molar-refractivity contribution < 1.29 is 0 Å². The van der Waals surface area contributed by atoms with E-state index >= 15 is 0 Å². The van der Waals surface area contributed by atoms with Gasteiger partial charge in [-0.1, -0.05) is 27.7 Å². The predicted molar refractivity (Wildman–Crippen MR) is 58.9 cm³/mol. The van der Waals surface area contributed by atoms with Gasteiger partial charge in [-0.25, -0.2) is 10.0 Å². The standard InChI is InChI=1S/C10H24S/c1-6-11(5,7-2)9-8-10(3)4/h10H,6-9H2,1-5H3. The lowest BCUT2D eigenvalue weighted by molar-refractivity contribution is 0.630. The van der Waals surface area contributed by atoms with Crippen molar-refractivity contribution in [2.75, 3.05) is 23.5 Å². The molecular formula is C10H24S. The second kappa shape index (κ2) is 5.08. The average Bonchev–Trinajstić information content (AvgIpc) is 2.00. The molecule has 0 aromatic heterocycles. The molecule has 0 bridgehead atoms. The molecule has 0 aromatic rings. The van der Waals surface area contributed by atoms with Gasteiger partial charge in [-0.2, -0.15) is 0 Å². The molecule has 0 N–H and O–H groups in total. The summed E-state index contributed by atoms with van der Waals surface area (Å²) in [6.07, 6.45) is 3.92. The zero-order chi connectivity index (χ0) is 8.91. The van der Waals surface area contributed by atoms with Crippen LogP contribution in [0.25, 0.3) is 0 Å². The smallest absolute Gasteiger partial charge is 0.0228 e. The van der Waals surface area contributed by atoms with Gasteiger partial charge < -0.3 is 0 Å². The minimum atomic E-state index is -0.210. The lowest BCUT2D eigenvalue weighted by Crippen LogP contribution is -2.10. The molecule has 1 heteroatoms. The maximum Gasteiger partial charge on any atom is -0.0228 e. The minimum Gasteiger partial charge on any atom is -0.244 e. The lowest BCUT2D eigenvalue weighted by Gasteiger charge is -2.34. The van der Waals surface area contributed by atoms with E-state index in [9.17, 15) is 0 Å². The second-order valence-corrected chi connectivity index (χ2v) is 8.46. The van der Waals surface area contributed by atoms with Crippen molar-refractivity contribution in [1.29, 1.82) is 0 Å². The van der Waals surface area contributed by atoms with Crippen LogP contribution in [0.3, 0.4) is 0 Å². The van der Waals surface area contributed by atoms with Gasteiger partial charge in [0.2, 0.25) is 0 Å². The van der Waals surface area contributed by atoms with Crippen LogP contribution in [0.4, 0.5) is 0 Å². The van der Waals surface area contributed by atoms with Crippen molar-refractivity contribution in [1.82, 2.24) is 0 Å². The van der Waals surface area contributed by atoms with Crippen LogP contribution >= 0.6 is 10.0 Å². The summed E-state index contributed by atoms with van der Waals surface area (Å²) in [7, 11) is -0.210. The fourth-order valence-corrected chi connectivity index (χ4v) is 3.04. The first-order chi connectivity index (χ1) is 5.04. The summed E-state index contributed by atoms with van der Waals surface area (Å²) in [5.41, 5.74) is 0. The Hall–Kier alpha value is 0.350. The van der Waals surface area contributed by atoms with E-state index in [-0.39, 0.29) is 10.0 Å². The second-order valence-electron chi connectivity index (χ2n) is 3.94. The van der Waals surface area contributed by atoms with Crippen molar-refractivity contribution in [3.05, 3.63) is 0 Å². The highest BCUT2D eigenvalue weighted by molar-refractivity contribution is 8.33. The van der Waals surface area contributed by atoms with Gasteiger partial charge in [-0.15, -0.1) is 0 Å². The Balaban J connectivity index is 3.69. The van der Waals surface area contributed by atoms with Crippen molar-refractivity contribution in [2.45, 2.75) is 34.1 Å². The fourth-order valence-electron chi connectivity index (χ4n) is 1.01. The van der Waals surface area contributed by atoms with Gasteiger partial charge in [0.25, 0.3) is 0 Å². The minimum absolute atomic E-state index is 0.210. The van der Waals surface area contributed by atoms with Crippen molar-refractivity contribution in [3.8, 4) is 0 Å². The first-order valence-electron chi connectivity index (χ1n) is 4.75. The molecule has 0 saturated carbocycles. The number of rotatable bonds is 5. The van der Waals surface area contributed by atoms with E-state index in [0.717, 1.165) is 5.92 Å². The van der Waals surface area contributed by atoms with E-state index in [1.54, 1.807) is 0 Å². The average molecular weight is 176 g/mol. The molecular weight excluding hydrogens is 152 g/mol. The Morgan fingerprint density at radius 1 is 1.09 bits per heavy atom. The molecule has 0 aliphatic carbocycles. The highest BCUT2D eigenvalue weighted by Crippen LogP contribution is 2.44. The summed E-state index contributed by atoms with van der Waals surface area (Å²) in [5.74, 6) is 5.20. The fraction of sp³-hybridized carbons (Fsp3) is 1.00. The molecule has 0 amide bonds. The molecule has 0 spiro atoms. The Bertz CT molecular complexity index is 93.0. The first-order valence-corrected chi connectivity index (χ1v) is 7.30. The third-order valence-electron chi connectivity index (χ3n) is 2.58. The van der Waals surface area contributed by atoms with E-state index in [1.165, 1.54) is 23.7 Å². The largest absolute Gasteiger partial charge is 0.244 e. The zero-order valence-corrected chi connectivity index (χ0v) is 9.63. The molecule has 0 fully saturated rings. The highest BCUT2D eigenvalue weighted by atomic mass is 32.3. The molecule has 0 aliphatic rings. The zero-order valence-electron chi connectivity index (χ0n) is 8.81. The Morgan fingerprint density at radius 3 is 1.82 bits per heavy atom. The number of hydrogen-bond acceptors (Lipinski definition) is 0. The quantitative estimate of drug-likeness (QED) is 0.601. The van der Waals surface area contributed by atoms with E-state index in [2.05, 4.69) is 34.0 Å². The Kier molecular flexibility index (Phi) is 5.24. The van der Waals surface area contributed by atoms with Crippen LogP contribution in [0.2, 0.25) is 0 Å². The van der Waals surface area contributed by atoms with Gasteiger partial charge in [0.1, 0.15) is 0 Å². The molecule has 0 aromatic carbocycles. The summed E-state index contributed by atoms with van der Waals surface area (Å²) >= 11 is 0. The Labute approximate surface area is 74.1 Å². The van der Waals surface area contributed by atoms with E-state index < -0.39 is 0 Å². The molecule has 0 rings (SSSR count). The summed E-state index contributed by atoms with van der Waals surface area (Å²) in [5, 5.41) is 0. The van der Waals surface area contributed by atoms with Gasteiger partial charge in [0, 0.05) is 0 Å². The first kappa shape index (κ1) is 11.4. The van der Waals surface area contributed by atoms with Crippen LogP contribution in [0.15, 0.2) is 0 Å². The molecule has 0 heterocycles. The maximum atomic E-state index is 2.50. The lowest BCUT2D eigenvalue weighted by atomic mass is 10.2. The normalized spacial score (nSPS) is 14.0. The van der Waals surface area contributed by atoms with E-state index in [4.69, 9.17) is 0 Å². The van der Waals surface area contributed by atoms with Gasteiger partial charge in [-0.3, -0.25) is 0 Å². The van der Waals surface area contributed by atoms with Crippen LogP contribution in [0.1, 0.15) is 34.1 Å². The van der Waals surface area contributed by atoms with Crippen LogP contribution in [-0.2, 0) is 0 Å². The predicted octanol–water partition coefficient (Wildman–Crippen LogP) is 3.51. The number of hydrogen-bond donors (Lipinski definition) is 0. The van der Waals surface area contributed by atoms with E-state index in [0.29, 0.717) is 0 Å². The summed E-state index contributed by atoms with van der Waals surface area (Å²) in [6, 6.07) is 0. The summed E-state index contributed by atoms with van der Waals surface area (Å²) in [4.78, 5) is 0. The SMILES string of the molecule is CCS(C)(CC)CCC(C)C.